The van der Waals surface area contributed by atoms with E-state index in [9.17, 15) is 14.7 Å². The first kappa shape index (κ1) is 24.7. The fourth-order valence-electron chi connectivity index (χ4n) is 2.96. The number of aliphatic hydroxyl groups is 1. The summed E-state index contributed by atoms with van der Waals surface area (Å²) in [4.78, 5) is 29.5. The molecule has 2 rings (SSSR count). The van der Waals surface area contributed by atoms with Crippen molar-refractivity contribution in [3.63, 3.8) is 0 Å². The van der Waals surface area contributed by atoms with Crippen LogP contribution in [0.5, 0.6) is 0 Å². The summed E-state index contributed by atoms with van der Waals surface area (Å²) in [5, 5.41) is 19.6. The predicted molar refractivity (Wildman–Crippen MR) is 108 cm³/mol. The monoisotopic (exact) mass is 449 g/mol. The number of hydrogen-bond acceptors (Lipinski definition) is 9. The van der Waals surface area contributed by atoms with Gasteiger partial charge >= 0.3 is 12.1 Å². The summed E-state index contributed by atoms with van der Waals surface area (Å²) < 4.78 is 20.8. The Balaban J connectivity index is 2.01. The molecular weight excluding hydrogens is 426 g/mol. The van der Waals surface area contributed by atoms with Gasteiger partial charge in [-0.3, -0.25) is 0 Å². The molecule has 0 saturated carbocycles. The van der Waals surface area contributed by atoms with E-state index in [0.29, 0.717) is 0 Å². The standard InChI is InChI=1S/C18H23N7O7/c1-10-13(22-24-19)15(26)14(23-25-20)17(32-10)30-9-12(16(27)29-2)21-18(28)31-8-11-6-4-3-5-7-11/h3-7,10,12-15,17,26H,8-9H2,1-2H3,(H,21,28)/t10-,12?,13-,14+,15+,17+/m1/s1. The number of azide groups is 2. The van der Waals surface area contributed by atoms with Crippen molar-refractivity contribution in [1.29, 1.82) is 0 Å². The van der Waals surface area contributed by atoms with Gasteiger partial charge in [0, 0.05) is 9.82 Å². The van der Waals surface area contributed by atoms with Crippen LogP contribution in [0.25, 0.3) is 20.9 Å². The molecule has 1 heterocycles. The van der Waals surface area contributed by atoms with Crippen LogP contribution < -0.4 is 5.32 Å². The number of hydrogen-bond donors (Lipinski definition) is 2. The number of nitrogens with one attached hydrogen (secondary N) is 1. The molecule has 0 radical (unpaired) electrons. The van der Waals surface area contributed by atoms with Crippen molar-refractivity contribution in [2.24, 2.45) is 10.2 Å². The summed E-state index contributed by atoms with van der Waals surface area (Å²) >= 11 is 0. The molecule has 0 spiro atoms. The van der Waals surface area contributed by atoms with Crippen LogP contribution in [0.1, 0.15) is 12.5 Å². The summed E-state index contributed by atoms with van der Waals surface area (Å²) in [6.07, 6.45) is -4.34. The Morgan fingerprint density at radius 1 is 1.22 bits per heavy atom. The van der Waals surface area contributed by atoms with E-state index in [1.165, 1.54) is 6.92 Å². The van der Waals surface area contributed by atoms with Crippen molar-refractivity contribution in [2.45, 2.75) is 50.2 Å². The molecule has 1 saturated heterocycles. The first-order valence-electron chi connectivity index (χ1n) is 9.49. The molecule has 172 valence electrons. The summed E-state index contributed by atoms with van der Waals surface area (Å²) in [5.41, 5.74) is 18.2. The van der Waals surface area contributed by atoms with Crippen LogP contribution in [0.2, 0.25) is 0 Å². The maximum absolute atomic E-state index is 12.1. The molecule has 1 aromatic carbocycles. The summed E-state index contributed by atoms with van der Waals surface area (Å²) in [6.45, 7) is 1.07. The molecule has 0 bridgehead atoms. The maximum atomic E-state index is 12.1. The zero-order chi connectivity index (χ0) is 23.5. The molecule has 32 heavy (non-hydrogen) atoms. The van der Waals surface area contributed by atoms with E-state index in [1.807, 2.05) is 6.07 Å². The van der Waals surface area contributed by atoms with Gasteiger partial charge in [-0.1, -0.05) is 40.6 Å². The number of carbonyl (C=O) groups excluding carboxylic acids is 2. The summed E-state index contributed by atoms with van der Waals surface area (Å²) in [7, 11) is 1.13. The van der Waals surface area contributed by atoms with Gasteiger partial charge in [-0.25, -0.2) is 9.59 Å². The normalized spacial score (nSPS) is 25.4. The molecule has 6 atom stereocenters. The van der Waals surface area contributed by atoms with Gasteiger partial charge in [-0.05, 0) is 23.5 Å². The van der Waals surface area contributed by atoms with Gasteiger partial charge in [-0.15, -0.1) is 0 Å². The van der Waals surface area contributed by atoms with Crippen molar-refractivity contribution in [1.82, 2.24) is 5.32 Å². The Kier molecular flexibility index (Phi) is 9.54. The third-order valence-electron chi connectivity index (χ3n) is 4.60. The minimum Gasteiger partial charge on any atom is -0.467 e. The van der Waals surface area contributed by atoms with Gasteiger partial charge in [0.2, 0.25) is 0 Å². The number of ether oxygens (including phenoxy) is 4. The van der Waals surface area contributed by atoms with Crippen molar-refractivity contribution in [2.75, 3.05) is 13.7 Å². The van der Waals surface area contributed by atoms with Crippen LogP contribution in [-0.2, 0) is 30.3 Å². The highest BCUT2D eigenvalue weighted by molar-refractivity contribution is 5.81. The van der Waals surface area contributed by atoms with Gasteiger partial charge in [0.05, 0.1) is 32.0 Å². The van der Waals surface area contributed by atoms with Crippen LogP contribution >= 0.6 is 0 Å². The van der Waals surface area contributed by atoms with Crippen molar-refractivity contribution >= 4 is 12.1 Å². The third kappa shape index (κ3) is 6.74. The Labute approximate surface area is 182 Å². The molecule has 0 aromatic heterocycles. The Morgan fingerprint density at radius 2 is 1.88 bits per heavy atom. The van der Waals surface area contributed by atoms with Gasteiger partial charge in [0.15, 0.2) is 12.3 Å². The predicted octanol–water partition coefficient (Wildman–Crippen LogP) is 1.93. The first-order chi connectivity index (χ1) is 15.4. The second-order valence-corrected chi connectivity index (χ2v) is 6.71. The van der Waals surface area contributed by atoms with Gasteiger partial charge in [0.1, 0.15) is 12.6 Å². The summed E-state index contributed by atoms with van der Waals surface area (Å²) in [5.74, 6) is -0.821. The summed E-state index contributed by atoms with van der Waals surface area (Å²) in [6, 6.07) is 5.36. The first-order valence-corrected chi connectivity index (χ1v) is 9.49. The molecule has 14 nitrogen and oxygen atoms in total. The number of amides is 1. The molecule has 1 amide bonds. The highest BCUT2D eigenvalue weighted by Crippen LogP contribution is 2.27. The van der Waals surface area contributed by atoms with E-state index >= 15 is 0 Å². The zero-order valence-corrected chi connectivity index (χ0v) is 17.3. The molecule has 1 aromatic rings. The average molecular weight is 449 g/mol. The van der Waals surface area contributed by atoms with Crippen LogP contribution in [-0.4, -0.2) is 67.5 Å². The number of rotatable bonds is 9. The van der Waals surface area contributed by atoms with Crippen molar-refractivity contribution in [3.05, 3.63) is 56.8 Å². The maximum Gasteiger partial charge on any atom is 0.408 e. The second-order valence-electron chi connectivity index (χ2n) is 6.71. The van der Waals surface area contributed by atoms with Crippen LogP contribution in [0, 0.1) is 0 Å². The van der Waals surface area contributed by atoms with E-state index in [4.69, 9.17) is 25.3 Å². The number of benzene rings is 1. The van der Waals surface area contributed by atoms with Gasteiger partial charge in [-0.2, -0.15) is 0 Å². The van der Waals surface area contributed by atoms with Crippen molar-refractivity contribution in [3.8, 4) is 0 Å². The topological polar surface area (TPSA) is 201 Å². The third-order valence-corrected chi connectivity index (χ3v) is 4.60. The molecule has 1 aliphatic heterocycles. The molecule has 1 unspecified atom stereocenters. The number of carbonyl (C=O) groups is 2. The zero-order valence-electron chi connectivity index (χ0n) is 17.3. The molecule has 1 fully saturated rings. The number of esters is 1. The molecule has 0 aliphatic carbocycles. The SMILES string of the molecule is COC(=O)C(CO[C@H]1O[C@H](C)[C@@H](N=[N+]=[N-])[C@H](O)[C@@H]1N=[N+]=[N-])NC(=O)OCc1ccccc1. The van der Waals surface area contributed by atoms with E-state index in [2.05, 4.69) is 30.1 Å². The number of aliphatic hydroxyl groups excluding tert-OH is 1. The van der Waals surface area contributed by atoms with E-state index in [0.717, 1.165) is 12.7 Å². The van der Waals surface area contributed by atoms with E-state index in [-0.39, 0.29) is 6.61 Å². The van der Waals surface area contributed by atoms with Crippen LogP contribution in [0.3, 0.4) is 0 Å². The minimum absolute atomic E-state index is 0.0172. The lowest BCUT2D eigenvalue weighted by atomic mass is 9.96. The largest absolute Gasteiger partial charge is 0.467 e. The highest BCUT2D eigenvalue weighted by atomic mass is 16.7. The van der Waals surface area contributed by atoms with E-state index in [1.54, 1.807) is 24.3 Å². The fourth-order valence-corrected chi connectivity index (χ4v) is 2.96. The minimum atomic E-state index is -1.39. The Bertz CT molecular complexity index is 874. The smallest absolute Gasteiger partial charge is 0.408 e. The molecule has 2 N–H and O–H groups in total. The Morgan fingerprint density at radius 3 is 2.50 bits per heavy atom. The van der Waals surface area contributed by atoms with Gasteiger partial charge < -0.3 is 29.4 Å². The average Bonchev–Trinajstić information content (AvgIpc) is 2.80. The number of alkyl carbamates (subject to hydrolysis) is 1. The molecule has 1 aliphatic rings. The molecule has 14 heteroatoms. The van der Waals surface area contributed by atoms with E-state index < -0.39 is 55.3 Å². The van der Waals surface area contributed by atoms with Crippen LogP contribution in [0.4, 0.5) is 4.79 Å². The van der Waals surface area contributed by atoms with Crippen LogP contribution in [0.15, 0.2) is 40.6 Å². The highest BCUT2D eigenvalue weighted by Gasteiger charge is 2.44. The lowest BCUT2D eigenvalue weighted by molar-refractivity contribution is -0.229. The lowest BCUT2D eigenvalue weighted by Gasteiger charge is -2.40. The number of methoxy groups -OCH3 is 1. The lowest BCUT2D eigenvalue weighted by Crippen LogP contribution is -2.56. The van der Waals surface area contributed by atoms with Gasteiger partial charge in [0.25, 0.3) is 0 Å². The fraction of sp³-hybridized carbons (Fsp3) is 0.556. The second kappa shape index (κ2) is 12.3. The molecular formula is C18H23N7O7. The van der Waals surface area contributed by atoms with Crippen molar-refractivity contribution < 1.29 is 33.6 Å². The Hall–Kier alpha value is -3.54. The quantitative estimate of drug-likeness (QED) is 0.248. The number of nitrogens with zero attached hydrogens (tertiary/aromatic N) is 6.